The van der Waals surface area contributed by atoms with Gasteiger partial charge in [-0.15, -0.1) is 0 Å². The first-order valence-electron chi connectivity index (χ1n) is 9.06. The van der Waals surface area contributed by atoms with Gasteiger partial charge in [-0.3, -0.25) is 9.69 Å². The van der Waals surface area contributed by atoms with Gasteiger partial charge >= 0.3 is 5.97 Å². The Kier molecular flexibility index (Phi) is 13.2. The third-order valence-corrected chi connectivity index (χ3v) is 3.80. The highest BCUT2D eigenvalue weighted by Gasteiger charge is 2.10. The van der Waals surface area contributed by atoms with Crippen LogP contribution in [0, 0.1) is 5.92 Å². The van der Waals surface area contributed by atoms with Crippen molar-refractivity contribution in [3.05, 3.63) is 0 Å². The molecule has 0 bridgehead atoms. The summed E-state index contributed by atoms with van der Waals surface area (Å²) < 4.78 is 5.22. The van der Waals surface area contributed by atoms with Crippen molar-refractivity contribution in [3.8, 4) is 0 Å². The summed E-state index contributed by atoms with van der Waals surface area (Å²) >= 11 is 0. The van der Waals surface area contributed by atoms with E-state index in [4.69, 9.17) is 4.74 Å². The monoisotopic (exact) mass is 344 g/mol. The largest absolute Gasteiger partial charge is 0.465 e. The maximum absolute atomic E-state index is 11.7. The molecule has 0 atom stereocenters. The molecule has 0 unspecified atom stereocenters. The van der Waals surface area contributed by atoms with Crippen LogP contribution < -0.4 is 0 Å². The van der Waals surface area contributed by atoms with Gasteiger partial charge in [0.05, 0.1) is 13.0 Å². The fourth-order valence-corrected chi connectivity index (χ4v) is 2.06. The van der Waals surface area contributed by atoms with Crippen molar-refractivity contribution in [2.45, 2.75) is 20.3 Å². The molecule has 0 aliphatic heterocycles. The zero-order valence-electron chi connectivity index (χ0n) is 17.0. The van der Waals surface area contributed by atoms with Gasteiger partial charge in [-0.2, -0.15) is 0 Å². The molecular weight excluding hydrogens is 304 g/mol. The van der Waals surface area contributed by atoms with Crippen molar-refractivity contribution in [1.29, 1.82) is 0 Å². The van der Waals surface area contributed by atoms with Crippen LogP contribution in [0.4, 0.5) is 0 Å². The third kappa shape index (κ3) is 14.9. The Labute approximate surface area is 149 Å². The van der Waals surface area contributed by atoms with Crippen LogP contribution >= 0.6 is 0 Å². The molecule has 0 saturated heterocycles. The molecule has 6 heteroatoms. The predicted molar refractivity (Wildman–Crippen MR) is 101 cm³/mol. The molecule has 0 rings (SSSR count). The van der Waals surface area contributed by atoms with Crippen molar-refractivity contribution in [2.24, 2.45) is 5.92 Å². The van der Waals surface area contributed by atoms with Crippen molar-refractivity contribution >= 4 is 5.97 Å². The number of carbonyl (C=O) groups excluding carboxylic acids is 1. The Bertz CT molecular complexity index is 310. The molecular formula is C18H40N4O2. The minimum absolute atomic E-state index is 0.0902. The second-order valence-electron chi connectivity index (χ2n) is 7.58. The summed E-state index contributed by atoms with van der Waals surface area (Å²) in [6, 6.07) is 0. The molecule has 0 aromatic rings. The number of likely N-dealkylation sites (N-methyl/N-ethyl adjacent to an activating group) is 3. The molecule has 0 heterocycles. The van der Waals surface area contributed by atoms with Gasteiger partial charge in [0.25, 0.3) is 0 Å². The van der Waals surface area contributed by atoms with Crippen LogP contribution in [0.1, 0.15) is 20.3 Å². The van der Waals surface area contributed by atoms with E-state index in [-0.39, 0.29) is 5.97 Å². The highest BCUT2D eigenvalue weighted by Crippen LogP contribution is 1.98. The Hall–Kier alpha value is -0.690. The summed E-state index contributed by atoms with van der Waals surface area (Å²) in [5.74, 6) is 0.307. The van der Waals surface area contributed by atoms with Crippen molar-refractivity contribution in [3.63, 3.8) is 0 Å². The van der Waals surface area contributed by atoms with Crippen molar-refractivity contribution in [1.82, 2.24) is 19.6 Å². The lowest BCUT2D eigenvalue weighted by Gasteiger charge is -2.27. The van der Waals surface area contributed by atoms with Crippen LogP contribution in [-0.4, -0.2) is 113 Å². The normalized spacial score (nSPS) is 12.2. The lowest BCUT2D eigenvalue weighted by molar-refractivity contribution is -0.145. The first kappa shape index (κ1) is 23.3. The fraction of sp³-hybridized carbons (Fsp3) is 0.944. The van der Waals surface area contributed by atoms with Crippen molar-refractivity contribution < 1.29 is 9.53 Å². The minimum Gasteiger partial charge on any atom is -0.465 e. The smallest absolute Gasteiger partial charge is 0.307 e. The molecule has 0 aliphatic rings. The van der Waals surface area contributed by atoms with Gasteiger partial charge in [0.1, 0.15) is 0 Å². The van der Waals surface area contributed by atoms with Gasteiger partial charge in [0.2, 0.25) is 0 Å². The quantitative estimate of drug-likeness (QED) is 0.437. The van der Waals surface area contributed by atoms with E-state index in [1.54, 1.807) is 0 Å². The highest BCUT2D eigenvalue weighted by atomic mass is 16.5. The Morgan fingerprint density at radius 3 is 1.75 bits per heavy atom. The van der Waals surface area contributed by atoms with Gasteiger partial charge in [-0.05, 0) is 41.2 Å². The maximum Gasteiger partial charge on any atom is 0.307 e. The average molecular weight is 345 g/mol. The van der Waals surface area contributed by atoms with Gasteiger partial charge in [0, 0.05) is 45.8 Å². The van der Waals surface area contributed by atoms with Crippen LogP contribution in [0.25, 0.3) is 0 Å². The summed E-state index contributed by atoms with van der Waals surface area (Å²) in [6.07, 6.45) is 0.471. The molecule has 0 radical (unpaired) electrons. The zero-order valence-corrected chi connectivity index (χ0v) is 17.0. The highest BCUT2D eigenvalue weighted by molar-refractivity contribution is 5.69. The third-order valence-electron chi connectivity index (χ3n) is 3.80. The molecule has 0 aromatic carbocycles. The average Bonchev–Trinajstić information content (AvgIpc) is 2.49. The first-order chi connectivity index (χ1) is 11.2. The molecule has 6 nitrogen and oxygen atoms in total. The van der Waals surface area contributed by atoms with E-state index in [1.165, 1.54) is 0 Å². The number of carbonyl (C=O) groups is 1. The number of esters is 1. The second kappa shape index (κ2) is 13.6. The fourth-order valence-electron chi connectivity index (χ4n) is 2.06. The number of hydrogen-bond acceptors (Lipinski definition) is 6. The van der Waals surface area contributed by atoms with Gasteiger partial charge in [-0.25, -0.2) is 0 Å². The Morgan fingerprint density at radius 1 is 0.792 bits per heavy atom. The maximum atomic E-state index is 11.7. The van der Waals surface area contributed by atoms with E-state index in [2.05, 4.69) is 68.7 Å². The summed E-state index contributed by atoms with van der Waals surface area (Å²) in [4.78, 5) is 20.8. The number of hydrogen-bond donors (Lipinski definition) is 0. The molecule has 0 spiro atoms. The standard InChI is InChI=1S/C18H40N4O2/c1-17(2)16-24-18(23)8-9-21(7)12-15-22(13-10-19(3)4)14-11-20(5)6/h17H,8-16H2,1-7H3. The molecule has 144 valence electrons. The molecule has 0 aromatic heterocycles. The lowest BCUT2D eigenvalue weighted by atomic mass is 10.2. The van der Waals surface area contributed by atoms with Crippen LogP contribution in [-0.2, 0) is 9.53 Å². The zero-order chi connectivity index (χ0) is 18.5. The summed E-state index contributed by atoms with van der Waals surface area (Å²) in [5.41, 5.74) is 0. The molecule has 0 saturated carbocycles. The van der Waals surface area contributed by atoms with E-state index in [9.17, 15) is 4.79 Å². The number of rotatable bonds is 14. The van der Waals surface area contributed by atoms with E-state index in [0.717, 1.165) is 45.8 Å². The SMILES string of the molecule is CC(C)COC(=O)CCN(C)CCN(CCN(C)C)CCN(C)C. The second-order valence-corrected chi connectivity index (χ2v) is 7.58. The Balaban J connectivity index is 4.04. The topological polar surface area (TPSA) is 39.3 Å². The van der Waals surface area contributed by atoms with Gasteiger partial charge in [-0.1, -0.05) is 13.8 Å². The van der Waals surface area contributed by atoms with Gasteiger partial charge < -0.3 is 19.4 Å². The molecule has 0 fully saturated rings. The summed E-state index contributed by atoms with van der Waals surface area (Å²) in [7, 11) is 10.5. The molecule has 0 aliphatic carbocycles. The predicted octanol–water partition coefficient (Wildman–Crippen LogP) is 0.933. The van der Waals surface area contributed by atoms with Crippen LogP contribution in [0.3, 0.4) is 0 Å². The van der Waals surface area contributed by atoms with Crippen molar-refractivity contribution in [2.75, 3.05) is 87.7 Å². The Morgan fingerprint density at radius 2 is 1.29 bits per heavy atom. The summed E-state index contributed by atoms with van der Waals surface area (Å²) in [6.45, 7) is 11.7. The van der Waals surface area contributed by atoms with E-state index in [0.29, 0.717) is 18.9 Å². The molecule has 0 amide bonds. The van der Waals surface area contributed by atoms with Crippen LogP contribution in [0.2, 0.25) is 0 Å². The van der Waals surface area contributed by atoms with E-state index < -0.39 is 0 Å². The first-order valence-corrected chi connectivity index (χ1v) is 9.06. The van der Waals surface area contributed by atoms with E-state index >= 15 is 0 Å². The van der Waals surface area contributed by atoms with Gasteiger partial charge in [0.15, 0.2) is 0 Å². The minimum atomic E-state index is -0.0902. The van der Waals surface area contributed by atoms with Crippen LogP contribution in [0.15, 0.2) is 0 Å². The molecule has 0 N–H and O–H groups in total. The van der Waals surface area contributed by atoms with E-state index in [1.807, 2.05) is 0 Å². The number of nitrogens with zero attached hydrogens (tertiary/aromatic N) is 4. The van der Waals surface area contributed by atoms with Crippen LogP contribution in [0.5, 0.6) is 0 Å². The summed E-state index contributed by atoms with van der Waals surface area (Å²) in [5, 5.41) is 0. The lowest BCUT2D eigenvalue weighted by Crippen LogP contribution is -2.40. The molecule has 24 heavy (non-hydrogen) atoms. The number of ether oxygens (including phenoxy) is 1.